The van der Waals surface area contributed by atoms with Crippen LogP contribution < -0.4 is 4.87 Å². The summed E-state index contributed by atoms with van der Waals surface area (Å²) in [4.78, 5) is 25.5. The summed E-state index contributed by atoms with van der Waals surface area (Å²) in [7, 11) is 0. The van der Waals surface area contributed by atoms with Gasteiger partial charge in [0, 0.05) is 37.1 Å². The molecule has 0 aromatic carbocycles. The number of rotatable bonds is 4. The molecule has 1 N–H and O–H groups in total. The van der Waals surface area contributed by atoms with Crippen LogP contribution in [0.5, 0.6) is 0 Å². The molecule has 2 atom stereocenters. The van der Waals surface area contributed by atoms with Crippen LogP contribution in [0.25, 0.3) is 0 Å². The first-order valence-electron chi connectivity index (χ1n) is 7.10. The van der Waals surface area contributed by atoms with E-state index < -0.39 is 0 Å². The second kappa shape index (κ2) is 6.54. The minimum absolute atomic E-state index is 0.0460. The molecule has 2 heterocycles. The van der Waals surface area contributed by atoms with Gasteiger partial charge < -0.3 is 14.6 Å². The second-order valence-corrected chi connectivity index (χ2v) is 6.39. The third-order valence-electron chi connectivity index (χ3n) is 3.96. The van der Waals surface area contributed by atoms with Gasteiger partial charge in [0.25, 0.3) is 0 Å². The Morgan fingerprint density at radius 3 is 2.90 bits per heavy atom. The molecule has 112 valence electrons. The summed E-state index contributed by atoms with van der Waals surface area (Å²) in [6, 6.07) is 0. The normalized spacial score (nSPS) is 23.1. The minimum atomic E-state index is -0.286. The monoisotopic (exact) mass is 298 g/mol. The Labute approximate surface area is 122 Å². The van der Waals surface area contributed by atoms with Crippen LogP contribution >= 0.6 is 11.3 Å². The van der Waals surface area contributed by atoms with Gasteiger partial charge in [-0.3, -0.25) is 9.59 Å². The number of likely N-dealkylation sites (tertiary alicyclic amines) is 1. The maximum absolute atomic E-state index is 12.1. The smallest absolute Gasteiger partial charge is 0.307 e. The Morgan fingerprint density at radius 2 is 2.30 bits per heavy atom. The van der Waals surface area contributed by atoms with Crippen molar-refractivity contribution in [2.24, 2.45) is 5.92 Å². The third kappa shape index (κ3) is 3.49. The third-order valence-corrected chi connectivity index (χ3v) is 4.84. The van der Waals surface area contributed by atoms with Crippen molar-refractivity contribution >= 4 is 17.2 Å². The van der Waals surface area contributed by atoms with Gasteiger partial charge in [-0.15, -0.1) is 0 Å². The number of aryl methyl sites for hydroxylation is 1. The number of aromatic nitrogens is 1. The topological polar surface area (TPSA) is 62.5 Å². The van der Waals surface area contributed by atoms with Gasteiger partial charge in [0.15, 0.2) is 0 Å². The molecule has 0 saturated carbocycles. The van der Waals surface area contributed by atoms with Gasteiger partial charge in [-0.05, 0) is 25.7 Å². The van der Waals surface area contributed by atoms with E-state index in [0.29, 0.717) is 38.9 Å². The molecule has 2 rings (SSSR count). The first kappa shape index (κ1) is 15.3. The molecule has 20 heavy (non-hydrogen) atoms. The van der Waals surface area contributed by atoms with E-state index in [4.69, 9.17) is 0 Å². The standard InChI is InChI=1S/C14H22N2O3S/c1-10-8-15(7-5-12(10)17)13(18)4-3-6-16-11(2)9-20-14(16)19/h9-10,12,17H,3-8H2,1-2H3. The summed E-state index contributed by atoms with van der Waals surface area (Å²) in [6.07, 6.45) is 1.52. The molecule has 6 heteroatoms. The van der Waals surface area contributed by atoms with E-state index in [2.05, 4.69) is 0 Å². The molecule has 1 aromatic heterocycles. The Morgan fingerprint density at radius 1 is 1.55 bits per heavy atom. The van der Waals surface area contributed by atoms with E-state index in [1.165, 1.54) is 11.3 Å². The van der Waals surface area contributed by atoms with Crippen LogP contribution in [-0.2, 0) is 11.3 Å². The zero-order chi connectivity index (χ0) is 14.7. The van der Waals surface area contributed by atoms with Crippen LogP contribution in [0.1, 0.15) is 31.9 Å². The Bertz CT molecular complexity index is 523. The maximum Gasteiger partial charge on any atom is 0.307 e. The van der Waals surface area contributed by atoms with Gasteiger partial charge in [-0.25, -0.2) is 0 Å². The Kier molecular flexibility index (Phi) is 4.99. The molecule has 0 bridgehead atoms. The van der Waals surface area contributed by atoms with E-state index in [1.54, 1.807) is 4.57 Å². The van der Waals surface area contributed by atoms with Gasteiger partial charge in [-0.1, -0.05) is 18.3 Å². The van der Waals surface area contributed by atoms with Crippen LogP contribution in [-0.4, -0.2) is 39.7 Å². The average molecular weight is 298 g/mol. The van der Waals surface area contributed by atoms with E-state index in [1.807, 2.05) is 24.1 Å². The number of aliphatic hydroxyl groups is 1. The van der Waals surface area contributed by atoms with Gasteiger partial charge in [0.1, 0.15) is 0 Å². The molecule has 0 aliphatic carbocycles. The van der Waals surface area contributed by atoms with Crippen LogP contribution in [0.3, 0.4) is 0 Å². The predicted molar refractivity (Wildman–Crippen MR) is 78.9 cm³/mol. The zero-order valence-corrected chi connectivity index (χ0v) is 12.9. The fourth-order valence-corrected chi connectivity index (χ4v) is 3.34. The Balaban J connectivity index is 1.80. The molecule has 1 aliphatic heterocycles. The lowest BCUT2D eigenvalue weighted by Crippen LogP contribution is -2.44. The van der Waals surface area contributed by atoms with Gasteiger partial charge >= 0.3 is 4.87 Å². The summed E-state index contributed by atoms with van der Waals surface area (Å²) in [6.45, 7) is 5.76. The SMILES string of the molecule is Cc1csc(=O)n1CCCC(=O)N1CCC(O)C(C)C1. The van der Waals surface area contributed by atoms with Crippen molar-refractivity contribution in [3.05, 3.63) is 20.7 Å². The molecule has 0 spiro atoms. The maximum atomic E-state index is 12.1. The minimum Gasteiger partial charge on any atom is -0.393 e. The number of nitrogens with zero attached hydrogens (tertiary/aromatic N) is 2. The summed E-state index contributed by atoms with van der Waals surface area (Å²) >= 11 is 1.20. The molecule has 1 saturated heterocycles. The quantitative estimate of drug-likeness (QED) is 0.909. The molecule has 2 unspecified atom stereocenters. The van der Waals surface area contributed by atoms with E-state index >= 15 is 0 Å². The van der Waals surface area contributed by atoms with Crippen LogP contribution in [0, 0.1) is 12.8 Å². The highest BCUT2D eigenvalue weighted by Crippen LogP contribution is 2.17. The number of hydrogen-bond acceptors (Lipinski definition) is 4. The van der Waals surface area contributed by atoms with Gasteiger partial charge in [0.05, 0.1) is 6.10 Å². The predicted octanol–water partition coefficient (Wildman–Crippen LogP) is 1.23. The van der Waals surface area contributed by atoms with Crippen molar-refractivity contribution < 1.29 is 9.90 Å². The van der Waals surface area contributed by atoms with E-state index in [0.717, 1.165) is 5.69 Å². The number of amides is 1. The molecule has 1 fully saturated rings. The first-order valence-corrected chi connectivity index (χ1v) is 7.97. The molecule has 1 aromatic rings. The lowest BCUT2D eigenvalue weighted by Gasteiger charge is -2.34. The Hall–Kier alpha value is -1.14. The summed E-state index contributed by atoms with van der Waals surface area (Å²) in [5.74, 6) is 0.277. The zero-order valence-electron chi connectivity index (χ0n) is 12.0. The lowest BCUT2D eigenvalue weighted by molar-refractivity contribution is -0.134. The van der Waals surface area contributed by atoms with Gasteiger partial charge in [0.2, 0.25) is 5.91 Å². The van der Waals surface area contributed by atoms with E-state index in [9.17, 15) is 14.7 Å². The molecular weight excluding hydrogens is 276 g/mol. The van der Waals surface area contributed by atoms with Crippen molar-refractivity contribution in [2.45, 2.75) is 45.8 Å². The van der Waals surface area contributed by atoms with Crippen LogP contribution in [0.2, 0.25) is 0 Å². The molecule has 1 aliphatic rings. The largest absolute Gasteiger partial charge is 0.393 e. The van der Waals surface area contributed by atoms with Crippen LogP contribution in [0.4, 0.5) is 0 Å². The van der Waals surface area contributed by atoms with Crippen molar-refractivity contribution in [1.82, 2.24) is 9.47 Å². The highest BCUT2D eigenvalue weighted by molar-refractivity contribution is 7.07. The number of piperidine rings is 1. The molecule has 0 radical (unpaired) electrons. The van der Waals surface area contributed by atoms with Crippen LogP contribution in [0.15, 0.2) is 10.2 Å². The van der Waals surface area contributed by atoms with Gasteiger partial charge in [-0.2, -0.15) is 0 Å². The van der Waals surface area contributed by atoms with Crippen molar-refractivity contribution in [3.8, 4) is 0 Å². The average Bonchev–Trinajstić information content (AvgIpc) is 2.73. The highest BCUT2D eigenvalue weighted by Gasteiger charge is 2.26. The first-order chi connectivity index (χ1) is 9.49. The second-order valence-electron chi connectivity index (χ2n) is 5.57. The van der Waals surface area contributed by atoms with Crippen molar-refractivity contribution in [1.29, 1.82) is 0 Å². The summed E-state index contributed by atoms with van der Waals surface area (Å²) in [5, 5.41) is 11.5. The van der Waals surface area contributed by atoms with Crippen molar-refractivity contribution in [2.75, 3.05) is 13.1 Å². The fourth-order valence-electron chi connectivity index (χ4n) is 2.58. The van der Waals surface area contributed by atoms with E-state index in [-0.39, 0.29) is 22.8 Å². The van der Waals surface area contributed by atoms with Crippen molar-refractivity contribution in [3.63, 3.8) is 0 Å². The molecular formula is C14H22N2O3S. The lowest BCUT2D eigenvalue weighted by atomic mass is 9.96. The number of carbonyl (C=O) groups is 1. The number of aliphatic hydroxyl groups excluding tert-OH is 1. The number of hydrogen-bond donors (Lipinski definition) is 1. The number of thiazole rings is 1. The summed E-state index contributed by atoms with van der Waals surface area (Å²) in [5.41, 5.74) is 0.960. The highest BCUT2D eigenvalue weighted by atomic mass is 32.1. The molecule has 5 nitrogen and oxygen atoms in total. The number of carbonyl (C=O) groups excluding carboxylic acids is 1. The molecule has 1 amide bonds. The summed E-state index contributed by atoms with van der Waals surface area (Å²) < 4.78 is 1.72. The fraction of sp³-hybridized carbons (Fsp3) is 0.714.